The van der Waals surface area contributed by atoms with E-state index in [0.29, 0.717) is 22.8 Å². The van der Waals surface area contributed by atoms with Gasteiger partial charge in [0.2, 0.25) is 11.5 Å². The smallest absolute Gasteiger partial charge is 0.326 e. The number of hydrogen-bond acceptors (Lipinski definition) is 8. The van der Waals surface area contributed by atoms with E-state index in [1.807, 2.05) is 6.07 Å². The quantitative estimate of drug-likeness (QED) is 0.0199. The number of carboxylic acid groups (broad SMARTS) is 1. The van der Waals surface area contributed by atoms with Crippen LogP contribution in [0, 0.1) is 0 Å². The molecule has 0 aliphatic carbocycles. The first-order valence-electron chi connectivity index (χ1n) is 18.5. The Kier molecular flexibility index (Phi) is 13.6. The highest BCUT2D eigenvalue weighted by molar-refractivity contribution is 6.16. The topological polar surface area (TPSA) is 166 Å². The Morgan fingerprint density at radius 3 is 1.66 bits per heavy atom. The highest BCUT2D eigenvalue weighted by atomic mass is 16.5. The molecule has 5 aromatic rings. The molecule has 5 rings (SSSR count). The highest BCUT2D eigenvalue weighted by Gasteiger charge is 2.28. The number of phenols is 4. The maximum atomic E-state index is 12.9. The number of benzene rings is 5. The van der Waals surface area contributed by atoms with E-state index in [1.54, 1.807) is 60.7 Å². The number of unbranched alkanes of at least 4 members (excludes halogenated alkanes) is 9. The first-order chi connectivity index (χ1) is 25.7. The second-order valence-corrected chi connectivity index (χ2v) is 13.4. The molecular weight excluding hydrogens is 674 g/mol. The van der Waals surface area contributed by atoms with Crippen molar-refractivity contribution in [1.82, 2.24) is 5.32 Å². The fourth-order valence-electron chi connectivity index (χ4n) is 6.54. The van der Waals surface area contributed by atoms with Crippen LogP contribution in [-0.2, 0) is 17.8 Å². The van der Waals surface area contributed by atoms with E-state index in [-0.39, 0.29) is 59.0 Å². The van der Waals surface area contributed by atoms with Crippen LogP contribution in [0.1, 0.15) is 92.6 Å². The summed E-state index contributed by atoms with van der Waals surface area (Å²) in [6.45, 7) is 2.29. The number of aromatic hydroxyl groups is 4. The molecule has 0 aliphatic rings. The molecule has 0 radical (unpaired) electrons. The Labute approximate surface area is 309 Å². The number of carbonyl (C=O) groups is 2. The maximum Gasteiger partial charge on any atom is 0.326 e. The van der Waals surface area contributed by atoms with Gasteiger partial charge in [0, 0.05) is 22.8 Å². The van der Waals surface area contributed by atoms with Crippen molar-refractivity contribution in [2.24, 2.45) is 0 Å². The van der Waals surface area contributed by atoms with E-state index in [4.69, 9.17) is 9.47 Å². The summed E-state index contributed by atoms with van der Waals surface area (Å²) < 4.78 is 12.0. The van der Waals surface area contributed by atoms with Gasteiger partial charge in [-0.15, -0.1) is 0 Å². The zero-order chi connectivity index (χ0) is 37.7. The summed E-state index contributed by atoms with van der Waals surface area (Å²) in [4.78, 5) is 24.8. The fraction of sp³-hybridized carbons (Fsp3) is 0.349. The highest BCUT2D eigenvalue weighted by Crippen LogP contribution is 2.57. The van der Waals surface area contributed by atoms with Gasteiger partial charge in [-0.05, 0) is 29.7 Å². The monoisotopic (exact) mass is 723 g/mol. The third-order valence-corrected chi connectivity index (χ3v) is 9.50. The van der Waals surface area contributed by atoms with Crippen LogP contribution in [-0.4, -0.2) is 50.1 Å². The van der Waals surface area contributed by atoms with Gasteiger partial charge < -0.3 is 40.3 Å². The van der Waals surface area contributed by atoms with Crippen LogP contribution in [0.5, 0.6) is 34.5 Å². The molecule has 0 spiro atoms. The van der Waals surface area contributed by atoms with Crippen LogP contribution >= 0.6 is 0 Å². The summed E-state index contributed by atoms with van der Waals surface area (Å²) in [6.07, 6.45) is 11.5. The van der Waals surface area contributed by atoms with Crippen LogP contribution in [0.25, 0.3) is 21.5 Å². The molecular formula is C43H49NO9. The van der Waals surface area contributed by atoms with Crippen LogP contribution in [0.3, 0.4) is 0 Å². The predicted octanol–water partition coefficient (Wildman–Crippen LogP) is 9.12. The average Bonchev–Trinajstić information content (AvgIpc) is 3.17. The van der Waals surface area contributed by atoms with E-state index >= 15 is 0 Å². The minimum atomic E-state index is -1.15. The number of ether oxygens (including phenoxy) is 2. The zero-order valence-electron chi connectivity index (χ0n) is 30.1. The molecule has 53 heavy (non-hydrogen) atoms. The molecule has 1 amide bonds. The van der Waals surface area contributed by atoms with Gasteiger partial charge in [-0.25, -0.2) is 4.79 Å². The summed E-state index contributed by atoms with van der Waals surface area (Å²) in [6, 6.07) is 20.8. The standard InChI is InChI=1S/C43H49NO9/c1-2-3-4-5-6-7-8-9-10-16-25-52-40-34-35(37(46)32-20-15-14-19-31(32)36(34)45)41(39(48)38(40)47)53-27-29-21-23-30(24-22-29)42(49)44-33(43(50)51)26-28-17-12-11-13-18-28/h11-15,17-24,33,45-48H,2-10,16,25-27H2,1H3,(H,44,49)(H,50,51)/t33-/m0/s1. The fourth-order valence-corrected chi connectivity index (χ4v) is 6.54. The number of aliphatic carboxylic acids is 1. The van der Waals surface area contributed by atoms with Crippen molar-refractivity contribution in [3.05, 3.63) is 95.6 Å². The third kappa shape index (κ3) is 9.62. The number of carboxylic acids is 1. The normalized spacial score (nSPS) is 11.8. The number of fused-ring (bicyclic) bond motifs is 2. The van der Waals surface area contributed by atoms with Crippen LogP contribution in [0.4, 0.5) is 0 Å². The Bertz CT molecular complexity index is 1990. The summed E-state index contributed by atoms with van der Waals surface area (Å²) in [5.41, 5.74) is 1.57. The first-order valence-corrected chi connectivity index (χ1v) is 18.5. The van der Waals surface area contributed by atoms with E-state index < -0.39 is 29.4 Å². The molecule has 0 unspecified atom stereocenters. The molecule has 0 aliphatic heterocycles. The summed E-state index contributed by atoms with van der Waals surface area (Å²) in [5.74, 6) is -3.91. The number of phenolic OH excluding ortho intramolecular Hbond substituents is 4. The molecule has 6 N–H and O–H groups in total. The number of hydrogen-bond donors (Lipinski definition) is 6. The molecule has 0 bridgehead atoms. The lowest BCUT2D eigenvalue weighted by Crippen LogP contribution is -2.42. The molecule has 1 atom stereocenters. The van der Waals surface area contributed by atoms with Crippen molar-refractivity contribution in [3.63, 3.8) is 0 Å². The molecule has 0 heterocycles. The van der Waals surface area contributed by atoms with Gasteiger partial charge in [0.15, 0.2) is 11.5 Å². The summed E-state index contributed by atoms with van der Waals surface area (Å²) in [5, 5.41) is 58.3. The van der Waals surface area contributed by atoms with Crippen molar-refractivity contribution < 1.29 is 44.6 Å². The Balaban J connectivity index is 1.30. The molecule has 0 fully saturated rings. The SMILES string of the molecule is CCCCCCCCCCCCOc1c(O)c(O)c(OCc2ccc(C(=O)N[C@@H](Cc3ccccc3)C(=O)O)cc2)c2c(O)c3ccccc3c(O)c12. The van der Waals surface area contributed by atoms with Crippen LogP contribution < -0.4 is 14.8 Å². The van der Waals surface area contributed by atoms with Crippen molar-refractivity contribution >= 4 is 33.4 Å². The second kappa shape index (κ2) is 18.7. The molecule has 280 valence electrons. The minimum Gasteiger partial charge on any atom is -0.506 e. The van der Waals surface area contributed by atoms with Gasteiger partial charge in [-0.3, -0.25) is 4.79 Å². The molecule has 0 saturated carbocycles. The van der Waals surface area contributed by atoms with E-state index in [0.717, 1.165) is 24.8 Å². The van der Waals surface area contributed by atoms with E-state index in [1.165, 1.54) is 50.7 Å². The van der Waals surface area contributed by atoms with Gasteiger partial charge >= 0.3 is 5.97 Å². The van der Waals surface area contributed by atoms with Gasteiger partial charge in [-0.2, -0.15) is 0 Å². The third-order valence-electron chi connectivity index (χ3n) is 9.50. The molecule has 10 heteroatoms. The number of rotatable bonds is 20. The first kappa shape index (κ1) is 38.6. The summed E-state index contributed by atoms with van der Waals surface area (Å²) >= 11 is 0. The lowest BCUT2D eigenvalue weighted by atomic mass is 9.98. The molecule has 0 aromatic heterocycles. The molecule has 10 nitrogen and oxygen atoms in total. The predicted molar refractivity (Wildman–Crippen MR) is 205 cm³/mol. The Morgan fingerprint density at radius 2 is 1.11 bits per heavy atom. The van der Waals surface area contributed by atoms with Crippen LogP contribution in [0.2, 0.25) is 0 Å². The Morgan fingerprint density at radius 1 is 0.604 bits per heavy atom. The average molecular weight is 724 g/mol. The lowest BCUT2D eigenvalue weighted by molar-refractivity contribution is -0.139. The second-order valence-electron chi connectivity index (χ2n) is 13.4. The van der Waals surface area contributed by atoms with Crippen LogP contribution in [0.15, 0.2) is 78.9 Å². The van der Waals surface area contributed by atoms with Gasteiger partial charge in [0.1, 0.15) is 24.1 Å². The van der Waals surface area contributed by atoms with E-state index in [2.05, 4.69) is 12.2 Å². The minimum absolute atomic E-state index is 0.00841. The van der Waals surface area contributed by atoms with Crippen molar-refractivity contribution in [2.75, 3.05) is 6.61 Å². The summed E-state index contributed by atoms with van der Waals surface area (Å²) in [7, 11) is 0. The van der Waals surface area contributed by atoms with Crippen molar-refractivity contribution in [3.8, 4) is 34.5 Å². The Hall–Kier alpha value is -5.64. The van der Waals surface area contributed by atoms with E-state index in [9.17, 15) is 35.1 Å². The molecule has 5 aromatic carbocycles. The number of nitrogens with one attached hydrogen (secondary N) is 1. The number of carbonyl (C=O) groups excluding carboxylic acids is 1. The number of amides is 1. The largest absolute Gasteiger partial charge is 0.506 e. The maximum absolute atomic E-state index is 12.9. The van der Waals surface area contributed by atoms with Gasteiger partial charge in [0.25, 0.3) is 5.91 Å². The molecule has 0 saturated heterocycles. The zero-order valence-corrected chi connectivity index (χ0v) is 30.1. The van der Waals surface area contributed by atoms with Crippen molar-refractivity contribution in [1.29, 1.82) is 0 Å². The van der Waals surface area contributed by atoms with Crippen molar-refractivity contribution in [2.45, 2.75) is 90.2 Å². The van der Waals surface area contributed by atoms with Gasteiger partial charge in [0.05, 0.1) is 17.4 Å². The lowest BCUT2D eigenvalue weighted by Gasteiger charge is -2.20. The van der Waals surface area contributed by atoms with Gasteiger partial charge in [-0.1, -0.05) is 131 Å².